The van der Waals surface area contributed by atoms with E-state index < -0.39 is 4.92 Å². The Balaban J connectivity index is 1.78. The second kappa shape index (κ2) is 7.40. The van der Waals surface area contributed by atoms with Crippen LogP contribution >= 0.6 is 0 Å². The Labute approximate surface area is 172 Å². The predicted molar refractivity (Wildman–Crippen MR) is 114 cm³/mol. The summed E-state index contributed by atoms with van der Waals surface area (Å²) in [5.41, 5.74) is 4.60. The van der Waals surface area contributed by atoms with E-state index in [1.807, 2.05) is 44.4 Å². The van der Waals surface area contributed by atoms with Crippen molar-refractivity contribution < 1.29 is 9.72 Å². The number of amides is 1. The molecule has 0 unspecified atom stereocenters. The summed E-state index contributed by atoms with van der Waals surface area (Å²) < 4.78 is 1.71. The van der Waals surface area contributed by atoms with E-state index in [-0.39, 0.29) is 11.6 Å². The van der Waals surface area contributed by atoms with Gasteiger partial charge in [-0.25, -0.2) is 4.98 Å². The van der Waals surface area contributed by atoms with Crippen molar-refractivity contribution in [1.82, 2.24) is 14.8 Å². The number of aryl methyl sites for hydroxylation is 3. The van der Waals surface area contributed by atoms with E-state index in [0.717, 1.165) is 16.6 Å². The number of hydrogen-bond acceptors (Lipinski definition) is 5. The second-order valence-corrected chi connectivity index (χ2v) is 7.08. The Morgan fingerprint density at radius 1 is 1.13 bits per heavy atom. The number of anilines is 1. The van der Waals surface area contributed by atoms with E-state index in [9.17, 15) is 14.9 Å². The number of carbonyl (C=O) groups is 1. The number of non-ortho nitro benzene ring substituents is 1. The van der Waals surface area contributed by atoms with Crippen molar-refractivity contribution in [2.24, 2.45) is 7.05 Å². The van der Waals surface area contributed by atoms with Crippen LogP contribution in [0.5, 0.6) is 0 Å². The largest absolute Gasteiger partial charge is 0.322 e. The SMILES string of the molecule is Cc1cc([N+](=O)[O-])ccc1NC(=O)c1cc(-c2cn(C)nc2C)nc2ccccc12. The lowest BCUT2D eigenvalue weighted by molar-refractivity contribution is -0.384. The highest BCUT2D eigenvalue weighted by molar-refractivity contribution is 6.13. The summed E-state index contributed by atoms with van der Waals surface area (Å²) in [5.74, 6) is -0.312. The molecule has 2 aromatic carbocycles. The number of benzene rings is 2. The smallest absolute Gasteiger partial charge is 0.269 e. The fourth-order valence-electron chi connectivity index (χ4n) is 3.44. The van der Waals surface area contributed by atoms with Gasteiger partial charge in [0, 0.05) is 42.0 Å². The van der Waals surface area contributed by atoms with Crippen molar-refractivity contribution in [2.45, 2.75) is 13.8 Å². The van der Waals surface area contributed by atoms with E-state index in [0.29, 0.717) is 28.0 Å². The number of fused-ring (bicyclic) bond motifs is 1. The van der Waals surface area contributed by atoms with Crippen LogP contribution in [0.3, 0.4) is 0 Å². The van der Waals surface area contributed by atoms with Crippen molar-refractivity contribution in [1.29, 1.82) is 0 Å². The molecule has 1 amide bonds. The van der Waals surface area contributed by atoms with Crippen LogP contribution in [-0.4, -0.2) is 25.6 Å². The number of nitro benzene ring substituents is 1. The first-order valence-electron chi connectivity index (χ1n) is 9.30. The summed E-state index contributed by atoms with van der Waals surface area (Å²) in [6.07, 6.45) is 1.87. The van der Waals surface area contributed by atoms with Crippen LogP contribution in [0.4, 0.5) is 11.4 Å². The molecule has 4 aromatic rings. The highest BCUT2D eigenvalue weighted by Gasteiger charge is 2.17. The highest BCUT2D eigenvalue weighted by Crippen LogP contribution is 2.28. The number of nitrogens with zero attached hydrogens (tertiary/aromatic N) is 4. The van der Waals surface area contributed by atoms with Crippen LogP contribution in [0.2, 0.25) is 0 Å². The zero-order valence-electron chi connectivity index (χ0n) is 16.7. The summed E-state index contributed by atoms with van der Waals surface area (Å²) in [7, 11) is 1.84. The van der Waals surface area contributed by atoms with Gasteiger partial charge in [0.1, 0.15) is 0 Å². The van der Waals surface area contributed by atoms with Gasteiger partial charge in [0.05, 0.1) is 27.4 Å². The maximum absolute atomic E-state index is 13.2. The minimum absolute atomic E-state index is 0.0193. The minimum atomic E-state index is -0.461. The Morgan fingerprint density at radius 3 is 2.57 bits per heavy atom. The first-order valence-corrected chi connectivity index (χ1v) is 9.30. The fraction of sp³-hybridized carbons (Fsp3) is 0.136. The van der Waals surface area contributed by atoms with Gasteiger partial charge >= 0.3 is 0 Å². The quantitative estimate of drug-likeness (QED) is 0.403. The third kappa shape index (κ3) is 3.50. The first-order chi connectivity index (χ1) is 14.3. The second-order valence-electron chi connectivity index (χ2n) is 7.08. The average Bonchev–Trinajstić information content (AvgIpc) is 3.06. The van der Waals surface area contributed by atoms with Crippen LogP contribution in [0, 0.1) is 24.0 Å². The minimum Gasteiger partial charge on any atom is -0.322 e. The fourth-order valence-corrected chi connectivity index (χ4v) is 3.44. The van der Waals surface area contributed by atoms with Gasteiger partial charge in [0.15, 0.2) is 0 Å². The molecule has 0 saturated carbocycles. The van der Waals surface area contributed by atoms with Gasteiger partial charge in [-0.05, 0) is 37.6 Å². The molecular weight excluding hydrogens is 382 g/mol. The van der Waals surface area contributed by atoms with E-state index in [2.05, 4.69) is 10.4 Å². The number of carbonyl (C=O) groups excluding carboxylic acids is 1. The Kier molecular flexibility index (Phi) is 4.75. The lowest BCUT2D eigenvalue weighted by Crippen LogP contribution is -2.14. The molecule has 1 N–H and O–H groups in total. The van der Waals surface area contributed by atoms with Crippen LogP contribution in [-0.2, 0) is 7.05 Å². The normalized spacial score (nSPS) is 10.9. The van der Waals surface area contributed by atoms with E-state index in [1.54, 1.807) is 23.7 Å². The molecule has 2 heterocycles. The molecule has 8 nitrogen and oxygen atoms in total. The lowest BCUT2D eigenvalue weighted by Gasteiger charge is -2.12. The van der Waals surface area contributed by atoms with Crippen LogP contribution in [0.15, 0.2) is 54.7 Å². The summed E-state index contributed by atoms with van der Waals surface area (Å²) in [5, 5.41) is 18.9. The van der Waals surface area contributed by atoms with Crippen LogP contribution in [0.1, 0.15) is 21.6 Å². The molecule has 30 heavy (non-hydrogen) atoms. The van der Waals surface area contributed by atoms with Gasteiger partial charge in [-0.1, -0.05) is 18.2 Å². The Bertz CT molecular complexity index is 1310. The average molecular weight is 401 g/mol. The third-order valence-corrected chi connectivity index (χ3v) is 4.92. The molecule has 0 aliphatic rings. The Hall–Kier alpha value is -4.07. The topological polar surface area (TPSA) is 103 Å². The van der Waals surface area contributed by atoms with Gasteiger partial charge in [0.2, 0.25) is 0 Å². The number of pyridine rings is 1. The van der Waals surface area contributed by atoms with Gasteiger partial charge in [0.25, 0.3) is 11.6 Å². The zero-order valence-corrected chi connectivity index (χ0v) is 16.7. The van der Waals surface area contributed by atoms with E-state index in [4.69, 9.17) is 4.98 Å². The molecule has 0 atom stereocenters. The van der Waals surface area contributed by atoms with Gasteiger partial charge < -0.3 is 5.32 Å². The van der Waals surface area contributed by atoms with Gasteiger partial charge in [-0.15, -0.1) is 0 Å². The summed E-state index contributed by atoms with van der Waals surface area (Å²) in [6, 6.07) is 13.5. The van der Waals surface area contributed by atoms with Crippen LogP contribution in [0.25, 0.3) is 22.2 Å². The molecule has 4 rings (SSSR count). The molecule has 2 aromatic heterocycles. The molecule has 8 heteroatoms. The van der Waals surface area contributed by atoms with E-state index >= 15 is 0 Å². The number of aromatic nitrogens is 3. The molecule has 0 spiro atoms. The summed E-state index contributed by atoms with van der Waals surface area (Å²) in [6.45, 7) is 3.61. The van der Waals surface area contributed by atoms with Crippen molar-refractivity contribution in [2.75, 3.05) is 5.32 Å². The van der Waals surface area contributed by atoms with Gasteiger partial charge in [-0.3, -0.25) is 19.6 Å². The van der Waals surface area contributed by atoms with Crippen molar-refractivity contribution in [3.63, 3.8) is 0 Å². The lowest BCUT2D eigenvalue weighted by atomic mass is 10.0. The maximum Gasteiger partial charge on any atom is 0.269 e. The van der Waals surface area contributed by atoms with E-state index in [1.165, 1.54) is 12.1 Å². The monoisotopic (exact) mass is 401 g/mol. The third-order valence-electron chi connectivity index (χ3n) is 4.92. The van der Waals surface area contributed by atoms with Crippen molar-refractivity contribution in [3.05, 3.63) is 81.7 Å². The Morgan fingerprint density at radius 2 is 1.90 bits per heavy atom. The summed E-state index contributed by atoms with van der Waals surface area (Å²) >= 11 is 0. The zero-order chi connectivity index (χ0) is 21.4. The van der Waals surface area contributed by atoms with Gasteiger partial charge in [-0.2, -0.15) is 5.10 Å². The van der Waals surface area contributed by atoms with Crippen LogP contribution < -0.4 is 5.32 Å². The molecular formula is C22H19N5O3. The highest BCUT2D eigenvalue weighted by atomic mass is 16.6. The molecule has 0 bridgehead atoms. The molecule has 0 radical (unpaired) electrons. The number of hydrogen-bond donors (Lipinski definition) is 1. The molecule has 0 saturated heterocycles. The molecule has 150 valence electrons. The summed E-state index contributed by atoms with van der Waals surface area (Å²) in [4.78, 5) is 28.4. The number of nitro groups is 1. The maximum atomic E-state index is 13.2. The predicted octanol–water partition coefficient (Wildman–Crippen LogP) is 4.41. The molecule has 0 fully saturated rings. The van der Waals surface area contributed by atoms with Crippen molar-refractivity contribution >= 4 is 28.2 Å². The number of para-hydroxylation sites is 1. The number of nitrogens with one attached hydrogen (secondary N) is 1. The number of rotatable bonds is 4. The van der Waals surface area contributed by atoms with Crippen molar-refractivity contribution in [3.8, 4) is 11.3 Å². The standard InChI is InChI=1S/C22H19N5O3/c1-13-10-15(27(29)30)8-9-19(13)24-22(28)17-11-21(18-12-26(3)25-14(18)2)23-20-7-5-4-6-16(17)20/h4-12H,1-3H3,(H,24,28). The molecule has 0 aliphatic heterocycles. The molecule has 0 aliphatic carbocycles. The first kappa shape index (κ1) is 19.3.